The highest BCUT2D eigenvalue weighted by atomic mass is 35.5. The molecule has 1 amide bonds. The molecule has 1 saturated heterocycles. The predicted octanol–water partition coefficient (Wildman–Crippen LogP) is 2.12. The molecule has 6 nitrogen and oxygen atoms in total. The number of nitrogens with zero attached hydrogens (tertiary/aromatic N) is 1. The van der Waals surface area contributed by atoms with Gasteiger partial charge in [0.15, 0.2) is 6.61 Å². The van der Waals surface area contributed by atoms with E-state index in [2.05, 4.69) is 0 Å². The van der Waals surface area contributed by atoms with E-state index in [1.807, 2.05) is 6.92 Å². The highest BCUT2D eigenvalue weighted by Gasteiger charge is 2.27. The second kappa shape index (κ2) is 8.17. The highest BCUT2D eigenvalue weighted by molar-refractivity contribution is 6.31. The van der Waals surface area contributed by atoms with Gasteiger partial charge in [0.2, 0.25) is 0 Å². The lowest BCUT2D eigenvalue weighted by atomic mass is 10.1. The highest BCUT2D eigenvalue weighted by Crippen LogP contribution is 2.21. The number of aryl methyl sites for hydroxylation is 1. The van der Waals surface area contributed by atoms with E-state index in [1.165, 1.54) is 4.90 Å². The first-order valence-corrected chi connectivity index (χ1v) is 7.83. The van der Waals surface area contributed by atoms with Gasteiger partial charge in [-0.2, -0.15) is 0 Å². The molecule has 0 unspecified atom stereocenters. The molecule has 1 aliphatic rings. The van der Waals surface area contributed by atoms with Crippen LogP contribution < -0.4 is 4.74 Å². The van der Waals surface area contributed by atoms with Crippen LogP contribution in [0.25, 0.3) is 0 Å². The van der Waals surface area contributed by atoms with E-state index >= 15 is 0 Å². The van der Waals surface area contributed by atoms with E-state index in [0.717, 1.165) is 5.56 Å². The van der Waals surface area contributed by atoms with Crippen molar-refractivity contribution in [3.8, 4) is 5.75 Å². The lowest BCUT2D eigenvalue weighted by molar-refractivity contribution is -0.148. The van der Waals surface area contributed by atoms with Gasteiger partial charge in [-0.1, -0.05) is 11.6 Å². The summed E-state index contributed by atoms with van der Waals surface area (Å²) in [5.74, 6) is -0.846. The Labute approximate surface area is 139 Å². The molecule has 1 aromatic rings. The third kappa shape index (κ3) is 5.11. The average molecular weight is 342 g/mol. The summed E-state index contributed by atoms with van der Waals surface area (Å²) in [4.78, 5) is 24.8. The normalized spacial score (nSPS) is 15.2. The molecule has 1 fully saturated rings. The molecule has 0 aromatic heterocycles. The SMILES string of the molecule is Cc1cc(OCC(=O)N(CC(=O)O)C2CCOCC2)ccc1Cl. The fourth-order valence-corrected chi connectivity index (χ4v) is 2.62. The van der Waals surface area contributed by atoms with Crippen molar-refractivity contribution in [2.75, 3.05) is 26.4 Å². The summed E-state index contributed by atoms with van der Waals surface area (Å²) in [6, 6.07) is 5.00. The van der Waals surface area contributed by atoms with Crippen molar-refractivity contribution in [3.05, 3.63) is 28.8 Å². The summed E-state index contributed by atoms with van der Waals surface area (Å²) < 4.78 is 10.7. The van der Waals surface area contributed by atoms with Crippen LogP contribution in [0.1, 0.15) is 18.4 Å². The van der Waals surface area contributed by atoms with Crippen LogP contribution in [0.2, 0.25) is 5.02 Å². The number of hydrogen-bond acceptors (Lipinski definition) is 4. The fraction of sp³-hybridized carbons (Fsp3) is 0.500. The number of aliphatic carboxylic acids is 1. The average Bonchev–Trinajstić information content (AvgIpc) is 2.54. The van der Waals surface area contributed by atoms with Gasteiger partial charge in [-0.25, -0.2) is 0 Å². The van der Waals surface area contributed by atoms with Gasteiger partial charge in [-0.3, -0.25) is 9.59 Å². The summed E-state index contributed by atoms with van der Waals surface area (Å²) in [7, 11) is 0. The number of carboxylic acid groups (broad SMARTS) is 1. The smallest absolute Gasteiger partial charge is 0.323 e. The van der Waals surface area contributed by atoms with Gasteiger partial charge in [0.05, 0.1) is 0 Å². The van der Waals surface area contributed by atoms with Crippen molar-refractivity contribution < 1.29 is 24.2 Å². The van der Waals surface area contributed by atoms with Crippen LogP contribution in [0.4, 0.5) is 0 Å². The molecule has 0 saturated carbocycles. The van der Waals surface area contributed by atoms with Crippen molar-refractivity contribution in [2.45, 2.75) is 25.8 Å². The number of carbonyl (C=O) groups excluding carboxylic acids is 1. The van der Waals surface area contributed by atoms with E-state index in [1.54, 1.807) is 18.2 Å². The monoisotopic (exact) mass is 341 g/mol. The molecule has 1 heterocycles. The van der Waals surface area contributed by atoms with E-state index in [0.29, 0.717) is 36.8 Å². The Morgan fingerprint density at radius 2 is 2.09 bits per heavy atom. The van der Waals surface area contributed by atoms with Crippen LogP contribution in [0, 0.1) is 6.92 Å². The lowest BCUT2D eigenvalue weighted by Crippen LogP contribution is -2.47. The number of hydrogen-bond donors (Lipinski definition) is 1. The minimum Gasteiger partial charge on any atom is -0.484 e. The molecule has 1 aliphatic heterocycles. The van der Waals surface area contributed by atoms with E-state index < -0.39 is 5.97 Å². The summed E-state index contributed by atoms with van der Waals surface area (Å²) in [6.07, 6.45) is 1.28. The largest absolute Gasteiger partial charge is 0.484 e. The van der Waals surface area contributed by atoms with Crippen LogP contribution in [-0.2, 0) is 14.3 Å². The Bertz CT molecular complexity index is 572. The minimum atomic E-state index is -1.04. The zero-order chi connectivity index (χ0) is 16.8. The molecule has 1 aromatic carbocycles. The number of carbonyl (C=O) groups is 2. The quantitative estimate of drug-likeness (QED) is 0.857. The van der Waals surface area contributed by atoms with Crippen LogP contribution in [0.15, 0.2) is 18.2 Å². The Balaban J connectivity index is 1.98. The number of carboxylic acids is 1. The van der Waals surface area contributed by atoms with E-state index in [-0.39, 0.29) is 25.1 Å². The summed E-state index contributed by atoms with van der Waals surface area (Å²) >= 11 is 5.94. The van der Waals surface area contributed by atoms with Gasteiger partial charge in [0, 0.05) is 24.3 Å². The standard InChI is InChI=1S/C16H20ClNO5/c1-11-8-13(2-3-14(11)17)23-10-15(19)18(9-16(20)21)12-4-6-22-7-5-12/h2-3,8,12H,4-7,9-10H2,1H3,(H,20,21). The maximum Gasteiger partial charge on any atom is 0.323 e. The minimum absolute atomic E-state index is 0.122. The second-order valence-electron chi connectivity index (χ2n) is 5.46. The molecule has 1 N–H and O–H groups in total. The molecular weight excluding hydrogens is 322 g/mol. The summed E-state index contributed by atoms with van der Waals surface area (Å²) in [5.41, 5.74) is 0.850. The Morgan fingerprint density at radius 1 is 1.39 bits per heavy atom. The van der Waals surface area contributed by atoms with Crippen molar-refractivity contribution in [1.82, 2.24) is 4.90 Å². The Morgan fingerprint density at radius 3 is 2.70 bits per heavy atom. The zero-order valence-electron chi connectivity index (χ0n) is 13.0. The van der Waals surface area contributed by atoms with Crippen molar-refractivity contribution in [2.24, 2.45) is 0 Å². The lowest BCUT2D eigenvalue weighted by Gasteiger charge is -2.33. The Kier molecular flexibility index (Phi) is 6.24. The van der Waals surface area contributed by atoms with Gasteiger partial charge < -0.3 is 19.5 Å². The number of amides is 1. The van der Waals surface area contributed by atoms with Gasteiger partial charge in [-0.15, -0.1) is 0 Å². The second-order valence-corrected chi connectivity index (χ2v) is 5.87. The molecule has 0 spiro atoms. The third-order valence-corrected chi connectivity index (χ3v) is 4.17. The third-order valence-electron chi connectivity index (χ3n) is 3.75. The fourth-order valence-electron chi connectivity index (χ4n) is 2.50. The van der Waals surface area contributed by atoms with Crippen LogP contribution >= 0.6 is 11.6 Å². The van der Waals surface area contributed by atoms with Crippen molar-refractivity contribution >= 4 is 23.5 Å². The van der Waals surface area contributed by atoms with Gasteiger partial charge >= 0.3 is 5.97 Å². The van der Waals surface area contributed by atoms with Crippen molar-refractivity contribution in [1.29, 1.82) is 0 Å². The molecule has 126 valence electrons. The number of ether oxygens (including phenoxy) is 2. The van der Waals surface area contributed by atoms with Crippen molar-refractivity contribution in [3.63, 3.8) is 0 Å². The molecule has 23 heavy (non-hydrogen) atoms. The number of halogens is 1. The Hall–Kier alpha value is -1.79. The first-order valence-electron chi connectivity index (χ1n) is 7.45. The maximum atomic E-state index is 12.4. The number of benzene rings is 1. The molecule has 2 rings (SSSR count). The molecule has 0 atom stereocenters. The molecule has 0 radical (unpaired) electrons. The molecule has 0 aliphatic carbocycles. The maximum absolute atomic E-state index is 12.4. The molecule has 7 heteroatoms. The van der Waals surface area contributed by atoms with Crippen LogP contribution in [0.3, 0.4) is 0 Å². The van der Waals surface area contributed by atoms with Gasteiger partial charge in [-0.05, 0) is 43.5 Å². The first kappa shape index (κ1) is 17.6. The van der Waals surface area contributed by atoms with E-state index in [9.17, 15) is 9.59 Å². The van der Waals surface area contributed by atoms with Gasteiger partial charge in [0.1, 0.15) is 12.3 Å². The first-order chi connectivity index (χ1) is 11.0. The van der Waals surface area contributed by atoms with Gasteiger partial charge in [0.25, 0.3) is 5.91 Å². The summed E-state index contributed by atoms with van der Waals surface area (Å²) in [6.45, 7) is 2.38. The predicted molar refractivity (Wildman–Crippen MR) is 84.9 cm³/mol. The molecule has 0 bridgehead atoms. The topological polar surface area (TPSA) is 76.1 Å². The van der Waals surface area contributed by atoms with Crippen LogP contribution in [0.5, 0.6) is 5.75 Å². The van der Waals surface area contributed by atoms with Crippen LogP contribution in [-0.4, -0.2) is 54.3 Å². The van der Waals surface area contributed by atoms with E-state index in [4.69, 9.17) is 26.2 Å². The molecular formula is C16H20ClNO5. The zero-order valence-corrected chi connectivity index (χ0v) is 13.7. The number of rotatable bonds is 6. The summed E-state index contributed by atoms with van der Waals surface area (Å²) in [5, 5.41) is 9.66.